The zero-order valence-corrected chi connectivity index (χ0v) is 21.9. The third-order valence-corrected chi connectivity index (χ3v) is 6.50. The summed E-state index contributed by atoms with van der Waals surface area (Å²) >= 11 is 1.27. The number of carbonyl (C=O) groups excluding carboxylic acids is 3. The molecule has 0 aliphatic heterocycles. The molecule has 3 aromatic rings. The highest BCUT2D eigenvalue weighted by atomic mass is 32.2. The maximum absolute atomic E-state index is 12.9. The maximum Gasteiger partial charge on any atom is 0.337 e. The van der Waals surface area contributed by atoms with Gasteiger partial charge in [-0.1, -0.05) is 43.3 Å². The molecule has 190 valence electrons. The number of methoxy groups -OCH3 is 1. The summed E-state index contributed by atoms with van der Waals surface area (Å²) in [5.74, 6) is 0.0151. The van der Waals surface area contributed by atoms with Crippen molar-refractivity contribution >= 4 is 35.2 Å². The Kier molecular flexibility index (Phi) is 9.24. The van der Waals surface area contributed by atoms with Gasteiger partial charge in [0.05, 0.1) is 24.5 Å². The van der Waals surface area contributed by atoms with Gasteiger partial charge < -0.3 is 19.9 Å². The Labute approximate surface area is 215 Å². The zero-order valence-electron chi connectivity index (χ0n) is 21.1. The minimum atomic E-state index is -0.437. The topological polar surface area (TPSA) is 115 Å². The molecule has 0 bridgehead atoms. The minimum Gasteiger partial charge on any atom is -0.465 e. The Morgan fingerprint density at radius 2 is 1.64 bits per heavy atom. The van der Waals surface area contributed by atoms with Gasteiger partial charge >= 0.3 is 5.97 Å². The van der Waals surface area contributed by atoms with Gasteiger partial charge in [0.1, 0.15) is 0 Å². The van der Waals surface area contributed by atoms with Crippen LogP contribution in [0.4, 0.5) is 5.69 Å². The SMILES string of the molecule is CCn1c(SCC(=O)Nc2ccc(C(=O)OC)cc2)nnc1[C@H](NC(=O)c1ccc(C)cc1)C(C)C. The number of aryl methyl sites for hydroxylation is 1. The van der Waals surface area contributed by atoms with Crippen LogP contribution in [-0.4, -0.2) is 45.4 Å². The summed E-state index contributed by atoms with van der Waals surface area (Å²) < 4.78 is 6.60. The van der Waals surface area contributed by atoms with E-state index in [9.17, 15) is 14.4 Å². The Balaban J connectivity index is 1.66. The molecule has 0 aliphatic carbocycles. The smallest absolute Gasteiger partial charge is 0.337 e. The maximum atomic E-state index is 12.9. The lowest BCUT2D eigenvalue weighted by Gasteiger charge is -2.22. The van der Waals surface area contributed by atoms with Gasteiger partial charge in [0.2, 0.25) is 5.91 Å². The molecule has 0 unspecified atom stereocenters. The van der Waals surface area contributed by atoms with Crippen molar-refractivity contribution in [1.82, 2.24) is 20.1 Å². The molecular weight excluding hydrogens is 478 g/mol. The number of hydrogen-bond acceptors (Lipinski definition) is 7. The fraction of sp³-hybridized carbons (Fsp3) is 0.346. The summed E-state index contributed by atoms with van der Waals surface area (Å²) in [7, 11) is 1.32. The third kappa shape index (κ3) is 6.72. The number of hydrogen-bond donors (Lipinski definition) is 2. The molecule has 3 rings (SSSR count). The quantitative estimate of drug-likeness (QED) is 0.310. The lowest BCUT2D eigenvalue weighted by atomic mass is 10.0. The van der Waals surface area contributed by atoms with E-state index in [2.05, 4.69) is 25.6 Å². The Hall–Kier alpha value is -3.66. The van der Waals surface area contributed by atoms with Crippen molar-refractivity contribution in [3.8, 4) is 0 Å². The van der Waals surface area contributed by atoms with E-state index in [1.807, 2.05) is 44.4 Å². The predicted molar refractivity (Wildman–Crippen MR) is 139 cm³/mol. The summed E-state index contributed by atoms with van der Waals surface area (Å²) in [5, 5.41) is 15.1. The second-order valence-corrected chi connectivity index (χ2v) is 9.49. The van der Waals surface area contributed by atoms with E-state index in [4.69, 9.17) is 0 Å². The molecule has 0 spiro atoms. The highest BCUT2D eigenvalue weighted by Crippen LogP contribution is 2.26. The second kappa shape index (κ2) is 12.3. The van der Waals surface area contributed by atoms with Crippen LogP contribution in [0.3, 0.4) is 0 Å². The fourth-order valence-electron chi connectivity index (χ4n) is 3.53. The number of thioether (sulfide) groups is 1. The van der Waals surface area contributed by atoms with E-state index in [0.717, 1.165) is 5.56 Å². The molecule has 2 aromatic carbocycles. The molecule has 0 saturated carbocycles. The molecule has 0 fully saturated rings. The van der Waals surface area contributed by atoms with Crippen LogP contribution < -0.4 is 10.6 Å². The number of amides is 2. The molecule has 2 N–H and O–H groups in total. The number of nitrogens with one attached hydrogen (secondary N) is 2. The molecule has 36 heavy (non-hydrogen) atoms. The van der Waals surface area contributed by atoms with E-state index < -0.39 is 5.97 Å². The van der Waals surface area contributed by atoms with Gasteiger partial charge in [-0.25, -0.2) is 4.79 Å². The summed E-state index contributed by atoms with van der Waals surface area (Å²) in [6, 6.07) is 13.5. The van der Waals surface area contributed by atoms with Crippen molar-refractivity contribution in [1.29, 1.82) is 0 Å². The highest BCUT2D eigenvalue weighted by Gasteiger charge is 2.26. The number of rotatable bonds is 10. The van der Waals surface area contributed by atoms with Crippen LogP contribution in [0.1, 0.15) is 58.9 Å². The van der Waals surface area contributed by atoms with Crippen LogP contribution in [0.15, 0.2) is 53.7 Å². The number of ether oxygens (including phenoxy) is 1. The highest BCUT2D eigenvalue weighted by molar-refractivity contribution is 7.99. The number of benzene rings is 2. The lowest BCUT2D eigenvalue weighted by molar-refractivity contribution is -0.113. The summed E-state index contributed by atoms with van der Waals surface area (Å²) in [4.78, 5) is 36.9. The lowest BCUT2D eigenvalue weighted by Crippen LogP contribution is -2.33. The first-order chi connectivity index (χ1) is 17.2. The van der Waals surface area contributed by atoms with Gasteiger partial charge in [-0.15, -0.1) is 10.2 Å². The minimum absolute atomic E-state index is 0.0722. The van der Waals surface area contributed by atoms with Gasteiger partial charge in [0.25, 0.3) is 5.91 Å². The van der Waals surface area contributed by atoms with E-state index in [0.29, 0.717) is 34.3 Å². The van der Waals surface area contributed by atoms with Crippen molar-refractivity contribution in [2.45, 2.75) is 45.4 Å². The monoisotopic (exact) mass is 509 g/mol. The molecule has 2 amide bonds. The standard InChI is InChI=1S/C26H31N5O4S/c1-6-31-23(22(16(2)3)28-24(33)18-9-7-17(4)8-10-18)29-30-26(31)36-15-21(32)27-20-13-11-19(12-14-20)25(34)35-5/h7-14,16,22H,6,15H2,1-5H3,(H,27,32)(H,28,33)/t22-/m1/s1. The predicted octanol–water partition coefficient (Wildman–Crippen LogP) is 4.25. The van der Waals surface area contributed by atoms with Crippen molar-refractivity contribution < 1.29 is 19.1 Å². The number of anilines is 1. The van der Waals surface area contributed by atoms with Crippen LogP contribution in [0.25, 0.3) is 0 Å². The molecule has 1 atom stereocenters. The van der Waals surface area contributed by atoms with Crippen molar-refractivity contribution in [2.75, 3.05) is 18.2 Å². The first kappa shape index (κ1) is 26.9. The summed E-state index contributed by atoms with van der Waals surface area (Å²) in [6.07, 6.45) is 0. The zero-order chi connectivity index (χ0) is 26.2. The Morgan fingerprint density at radius 3 is 2.22 bits per heavy atom. The van der Waals surface area contributed by atoms with Gasteiger partial charge in [0, 0.05) is 17.8 Å². The largest absolute Gasteiger partial charge is 0.465 e. The van der Waals surface area contributed by atoms with Crippen molar-refractivity contribution in [2.24, 2.45) is 5.92 Å². The summed E-state index contributed by atoms with van der Waals surface area (Å²) in [6.45, 7) is 8.56. The van der Waals surface area contributed by atoms with Gasteiger partial charge in [-0.2, -0.15) is 0 Å². The molecule has 0 saturated heterocycles. The number of aromatic nitrogens is 3. The molecule has 9 nitrogen and oxygen atoms in total. The molecule has 0 aliphatic rings. The van der Waals surface area contributed by atoms with Crippen LogP contribution in [0.2, 0.25) is 0 Å². The first-order valence-electron chi connectivity index (χ1n) is 11.6. The number of carbonyl (C=O) groups is 3. The van der Waals surface area contributed by atoms with Crippen molar-refractivity contribution in [3.63, 3.8) is 0 Å². The molecule has 10 heteroatoms. The van der Waals surface area contributed by atoms with E-state index >= 15 is 0 Å². The third-order valence-electron chi connectivity index (χ3n) is 5.53. The first-order valence-corrected chi connectivity index (χ1v) is 12.6. The van der Waals surface area contributed by atoms with Gasteiger partial charge in [0.15, 0.2) is 11.0 Å². The molecule has 1 aromatic heterocycles. The Morgan fingerprint density at radius 1 is 1.00 bits per heavy atom. The van der Waals surface area contributed by atoms with Crippen LogP contribution in [0, 0.1) is 12.8 Å². The normalized spacial score (nSPS) is 11.7. The second-order valence-electron chi connectivity index (χ2n) is 8.55. The molecular formula is C26H31N5O4S. The van der Waals surface area contributed by atoms with E-state index in [-0.39, 0.29) is 29.5 Å². The van der Waals surface area contributed by atoms with Crippen LogP contribution in [-0.2, 0) is 16.1 Å². The van der Waals surface area contributed by atoms with Gasteiger partial charge in [-0.05, 0) is 56.2 Å². The van der Waals surface area contributed by atoms with E-state index in [1.54, 1.807) is 36.4 Å². The average Bonchev–Trinajstić information content (AvgIpc) is 3.28. The van der Waals surface area contributed by atoms with Crippen molar-refractivity contribution in [3.05, 3.63) is 71.0 Å². The van der Waals surface area contributed by atoms with Crippen LogP contribution >= 0.6 is 11.8 Å². The number of esters is 1. The fourth-order valence-corrected chi connectivity index (χ4v) is 4.34. The molecule has 0 radical (unpaired) electrons. The van der Waals surface area contributed by atoms with Gasteiger partial charge in [-0.3, -0.25) is 9.59 Å². The number of nitrogens with zero attached hydrogens (tertiary/aromatic N) is 3. The van der Waals surface area contributed by atoms with Crippen LogP contribution in [0.5, 0.6) is 0 Å². The van der Waals surface area contributed by atoms with E-state index in [1.165, 1.54) is 18.9 Å². The Bertz CT molecular complexity index is 1210. The average molecular weight is 510 g/mol. The summed E-state index contributed by atoms with van der Waals surface area (Å²) in [5.41, 5.74) is 2.65. The molecule has 1 heterocycles.